The number of nitrogens with zero attached hydrogens (tertiary/aromatic N) is 6. The summed E-state index contributed by atoms with van der Waals surface area (Å²) in [7, 11) is 0. The van der Waals surface area contributed by atoms with E-state index < -0.39 is 0 Å². The van der Waals surface area contributed by atoms with Gasteiger partial charge in [-0.15, -0.1) is 0 Å². The highest BCUT2D eigenvalue weighted by Crippen LogP contribution is 2.38. The second kappa shape index (κ2) is 10.4. The zero-order valence-electron chi connectivity index (χ0n) is 24.2. The van der Waals surface area contributed by atoms with Crippen molar-refractivity contribution in [2.24, 2.45) is 5.92 Å². The lowest BCUT2D eigenvalue weighted by atomic mass is 9.73. The Hall–Kier alpha value is -3.08. The van der Waals surface area contributed by atoms with Crippen LogP contribution in [0.15, 0.2) is 30.9 Å². The van der Waals surface area contributed by atoms with Crippen molar-refractivity contribution in [3.8, 4) is 0 Å². The number of hydrogen-bond donors (Lipinski definition) is 3. The molecule has 1 saturated heterocycles. The van der Waals surface area contributed by atoms with Crippen LogP contribution in [-0.2, 0) is 16.6 Å². The van der Waals surface area contributed by atoms with Crippen LogP contribution in [0.2, 0.25) is 0 Å². The van der Waals surface area contributed by atoms with E-state index in [4.69, 9.17) is 15.5 Å². The second-order valence-electron chi connectivity index (χ2n) is 12.9. The number of hydrogen-bond acceptors (Lipinski definition) is 8. The summed E-state index contributed by atoms with van der Waals surface area (Å²) in [4.78, 5) is 23.6. The average Bonchev–Trinajstić information content (AvgIpc) is 3.64. The normalized spacial score (nSPS) is 25.4. The smallest absolute Gasteiger partial charge is 0.167 e. The molecule has 1 aromatic carbocycles. The molecule has 0 bridgehead atoms. The van der Waals surface area contributed by atoms with Gasteiger partial charge in [0.1, 0.15) is 23.9 Å². The van der Waals surface area contributed by atoms with Crippen LogP contribution in [0, 0.1) is 5.92 Å². The van der Waals surface area contributed by atoms with Crippen LogP contribution in [-0.4, -0.2) is 70.3 Å². The van der Waals surface area contributed by atoms with E-state index in [1.807, 2.05) is 4.57 Å². The summed E-state index contributed by atoms with van der Waals surface area (Å²) >= 11 is 0. The number of nitrogen functional groups attached to an aromatic ring is 1. The van der Waals surface area contributed by atoms with Gasteiger partial charge in [0.25, 0.3) is 0 Å². The van der Waals surface area contributed by atoms with Crippen LogP contribution in [0.5, 0.6) is 0 Å². The Bertz CT molecular complexity index is 1490. The third kappa shape index (κ3) is 5.08. The number of aromatic nitrogens is 6. The van der Waals surface area contributed by atoms with Crippen LogP contribution in [0.1, 0.15) is 77.9 Å². The second-order valence-corrected chi connectivity index (χ2v) is 12.9. The lowest BCUT2D eigenvalue weighted by molar-refractivity contribution is -0.103. The van der Waals surface area contributed by atoms with Gasteiger partial charge in [0.2, 0.25) is 0 Å². The molecule has 40 heavy (non-hydrogen) atoms. The third-order valence-corrected chi connectivity index (χ3v) is 8.86. The lowest BCUT2D eigenvalue weighted by Gasteiger charge is -2.49. The van der Waals surface area contributed by atoms with Crippen molar-refractivity contribution in [3.05, 3.63) is 42.2 Å². The summed E-state index contributed by atoms with van der Waals surface area (Å²) < 4.78 is 8.43. The van der Waals surface area contributed by atoms with Gasteiger partial charge in [-0.2, -0.15) is 0 Å². The number of H-pyrrole nitrogens is 1. The maximum atomic E-state index is 11.2. The lowest BCUT2D eigenvalue weighted by Crippen LogP contribution is -2.59. The highest BCUT2D eigenvalue weighted by Gasteiger charge is 2.44. The van der Waals surface area contributed by atoms with E-state index in [2.05, 4.69) is 77.7 Å². The number of nitrogens with one attached hydrogen (secondary N) is 1. The fourth-order valence-corrected chi connectivity index (χ4v) is 6.37. The molecule has 0 radical (unpaired) electrons. The van der Waals surface area contributed by atoms with Gasteiger partial charge in [-0.05, 0) is 68.6 Å². The van der Waals surface area contributed by atoms with Crippen molar-refractivity contribution < 1.29 is 9.84 Å². The molecule has 4 N–H and O–H groups in total. The number of nitrogens with two attached hydrogens (primary N) is 1. The van der Waals surface area contributed by atoms with E-state index in [0.29, 0.717) is 23.0 Å². The summed E-state index contributed by atoms with van der Waals surface area (Å²) in [5, 5.41) is 11.2. The summed E-state index contributed by atoms with van der Waals surface area (Å²) in [6.45, 7) is 11.9. The number of imidazole rings is 2. The summed E-state index contributed by atoms with van der Waals surface area (Å²) in [6, 6.07) is 6.97. The first-order chi connectivity index (χ1) is 19.1. The SMILES string of the molecule is CC(C)N(CC1CCC(n2cnc3c(N)ncnc32)O1)C1C[C@H](CCc2nc3ccc(C(C)(C)C)cc3[nH]2)C1O. The van der Waals surface area contributed by atoms with E-state index in [0.717, 1.165) is 55.5 Å². The van der Waals surface area contributed by atoms with Crippen molar-refractivity contribution in [1.29, 1.82) is 0 Å². The highest BCUT2D eigenvalue weighted by atomic mass is 16.5. The molecule has 4 heterocycles. The van der Waals surface area contributed by atoms with Crippen LogP contribution >= 0.6 is 0 Å². The molecule has 10 heteroatoms. The number of ether oxygens (including phenoxy) is 1. The van der Waals surface area contributed by atoms with Gasteiger partial charge in [-0.25, -0.2) is 19.9 Å². The Balaban J connectivity index is 1.04. The molecule has 10 nitrogen and oxygen atoms in total. The van der Waals surface area contributed by atoms with Crippen molar-refractivity contribution in [2.45, 2.75) is 103 Å². The maximum absolute atomic E-state index is 11.2. The van der Waals surface area contributed by atoms with Gasteiger partial charge in [-0.3, -0.25) is 9.47 Å². The Morgan fingerprint density at radius 3 is 2.77 bits per heavy atom. The van der Waals surface area contributed by atoms with Gasteiger partial charge in [0.15, 0.2) is 11.5 Å². The molecule has 214 valence electrons. The standard InChI is InChI=1S/C30H42N8O2/c1-17(2)37(14-20-8-11-25(40-20)38-16-34-26-28(31)32-15-33-29(26)38)23-12-18(27(23)39)6-10-24-35-21-9-7-19(30(3,4)5)13-22(21)36-24/h7,9,13,15-18,20,23,25,27,39H,6,8,10-12,14H2,1-5H3,(H,35,36)(H2,31,32,33)/t18-,20?,23?,25?,27?/m0/s1. The Labute approximate surface area is 235 Å². The molecule has 6 rings (SSSR count). The number of benzene rings is 1. The van der Waals surface area contributed by atoms with Gasteiger partial charge < -0.3 is 20.6 Å². The first-order valence-corrected chi connectivity index (χ1v) is 14.6. The predicted octanol–water partition coefficient (Wildman–Crippen LogP) is 4.35. The molecule has 5 atom stereocenters. The Morgan fingerprint density at radius 2 is 2.02 bits per heavy atom. The van der Waals surface area contributed by atoms with Gasteiger partial charge in [0.05, 0.1) is 29.6 Å². The van der Waals surface area contributed by atoms with E-state index >= 15 is 0 Å². The molecular formula is C30H42N8O2. The summed E-state index contributed by atoms with van der Waals surface area (Å²) in [6.07, 6.45) is 7.43. The third-order valence-electron chi connectivity index (χ3n) is 8.86. The number of rotatable bonds is 8. The number of aliphatic hydroxyl groups excluding tert-OH is 1. The van der Waals surface area contributed by atoms with Crippen molar-refractivity contribution in [2.75, 3.05) is 12.3 Å². The van der Waals surface area contributed by atoms with Gasteiger partial charge in [-0.1, -0.05) is 26.8 Å². The maximum Gasteiger partial charge on any atom is 0.167 e. The predicted molar refractivity (Wildman–Crippen MR) is 156 cm³/mol. The number of aromatic amines is 1. The molecule has 4 unspecified atom stereocenters. The molecule has 1 saturated carbocycles. The van der Waals surface area contributed by atoms with Crippen LogP contribution in [0.4, 0.5) is 5.82 Å². The minimum absolute atomic E-state index is 0.0869. The van der Waals surface area contributed by atoms with Crippen molar-refractivity contribution in [3.63, 3.8) is 0 Å². The molecule has 3 aromatic heterocycles. The van der Waals surface area contributed by atoms with E-state index in [1.54, 1.807) is 6.33 Å². The van der Waals surface area contributed by atoms with E-state index in [9.17, 15) is 5.11 Å². The fourth-order valence-electron chi connectivity index (χ4n) is 6.37. The minimum atomic E-state index is -0.339. The molecule has 2 fully saturated rings. The molecule has 4 aromatic rings. The number of anilines is 1. The first kappa shape index (κ1) is 27.1. The fraction of sp³-hybridized carbons (Fsp3) is 0.600. The summed E-state index contributed by atoms with van der Waals surface area (Å²) in [5.74, 6) is 1.67. The van der Waals surface area contributed by atoms with Gasteiger partial charge in [0, 0.05) is 25.0 Å². The number of aryl methyl sites for hydroxylation is 1. The monoisotopic (exact) mass is 546 g/mol. The molecule has 0 spiro atoms. The van der Waals surface area contributed by atoms with E-state index in [1.165, 1.54) is 11.9 Å². The molecule has 1 aliphatic heterocycles. The van der Waals surface area contributed by atoms with Crippen molar-refractivity contribution in [1.82, 2.24) is 34.4 Å². The van der Waals surface area contributed by atoms with Crippen LogP contribution in [0.3, 0.4) is 0 Å². The molecule has 1 aliphatic carbocycles. The first-order valence-electron chi connectivity index (χ1n) is 14.6. The van der Waals surface area contributed by atoms with Crippen LogP contribution in [0.25, 0.3) is 22.2 Å². The molecule has 2 aliphatic rings. The quantitative estimate of drug-likeness (QED) is 0.297. The van der Waals surface area contributed by atoms with Gasteiger partial charge >= 0.3 is 0 Å². The average molecular weight is 547 g/mol. The Morgan fingerprint density at radius 1 is 1.20 bits per heavy atom. The zero-order valence-corrected chi connectivity index (χ0v) is 24.2. The number of fused-ring (bicyclic) bond motifs is 2. The number of aliphatic hydroxyl groups is 1. The largest absolute Gasteiger partial charge is 0.391 e. The zero-order chi connectivity index (χ0) is 28.2. The highest BCUT2D eigenvalue weighted by molar-refractivity contribution is 5.81. The molecular weight excluding hydrogens is 504 g/mol. The topological polar surface area (TPSA) is 131 Å². The van der Waals surface area contributed by atoms with Crippen molar-refractivity contribution >= 4 is 28.0 Å². The minimum Gasteiger partial charge on any atom is -0.391 e. The summed E-state index contributed by atoms with van der Waals surface area (Å²) in [5.41, 5.74) is 10.8. The van der Waals surface area contributed by atoms with E-state index in [-0.39, 0.29) is 35.8 Å². The molecule has 0 amide bonds. The Kier molecular flexibility index (Phi) is 7.04. The van der Waals surface area contributed by atoms with Crippen LogP contribution < -0.4 is 5.73 Å².